The zero-order valence-electron chi connectivity index (χ0n) is 30.9. The largest absolute Gasteiger partial charge is 0.507 e. The third-order valence-corrected chi connectivity index (χ3v) is 11.2. The van der Waals surface area contributed by atoms with E-state index in [1.807, 2.05) is 0 Å². The molecule has 8 unspecified atom stereocenters. The molecule has 2 aromatic carbocycles. The molecule has 0 bridgehead atoms. The van der Waals surface area contributed by atoms with E-state index >= 15 is 0 Å². The maximum atomic E-state index is 14.8. The van der Waals surface area contributed by atoms with Gasteiger partial charge < -0.3 is 49.8 Å². The summed E-state index contributed by atoms with van der Waals surface area (Å²) in [4.78, 5) is 79.1. The van der Waals surface area contributed by atoms with Crippen LogP contribution in [0.5, 0.6) is 11.5 Å². The van der Waals surface area contributed by atoms with Gasteiger partial charge in [-0.25, -0.2) is 0 Å². The first kappa shape index (κ1) is 39.0. The van der Waals surface area contributed by atoms with Crippen LogP contribution in [0, 0.1) is 6.92 Å². The highest BCUT2D eigenvalue weighted by molar-refractivity contribution is 6.53. The van der Waals surface area contributed by atoms with Gasteiger partial charge in [-0.3, -0.25) is 33.9 Å². The Morgan fingerprint density at radius 2 is 1.73 bits per heavy atom. The maximum absolute atomic E-state index is 14.8. The lowest BCUT2D eigenvalue weighted by atomic mass is 9.56. The summed E-state index contributed by atoms with van der Waals surface area (Å²) in [6.07, 6.45) is -5.22. The molecule has 0 radical (unpaired) electrons. The van der Waals surface area contributed by atoms with Gasteiger partial charge in [-0.1, -0.05) is 12.1 Å². The summed E-state index contributed by atoms with van der Waals surface area (Å²) < 4.78 is 22.1. The fourth-order valence-electron chi connectivity index (χ4n) is 8.60. The second kappa shape index (κ2) is 14.0. The quantitative estimate of drug-likeness (QED) is 0.193. The van der Waals surface area contributed by atoms with Crippen LogP contribution in [0.3, 0.4) is 0 Å². The monoisotopic (exact) mass is 773 g/mol. The van der Waals surface area contributed by atoms with Crippen LogP contribution in [0.2, 0.25) is 0 Å². The highest BCUT2D eigenvalue weighted by Crippen LogP contribution is 2.56. The first-order chi connectivity index (χ1) is 26.6. The van der Waals surface area contributed by atoms with Crippen LogP contribution < -0.4 is 5.32 Å². The molecule has 2 heterocycles. The van der Waals surface area contributed by atoms with Crippen molar-refractivity contribution in [2.24, 2.45) is 4.99 Å². The van der Waals surface area contributed by atoms with Crippen molar-refractivity contribution in [1.82, 2.24) is 10.3 Å². The van der Waals surface area contributed by atoms with Gasteiger partial charge in [0.1, 0.15) is 29.8 Å². The average molecular weight is 774 g/mol. The lowest BCUT2D eigenvalue weighted by Crippen LogP contribution is -2.73. The van der Waals surface area contributed by atoms with Gasteiger partial charge in [-0.2, -0.15) is 0 Å². The molecule has 8 atom stereocenters. The lowest BCUT2D eigenvalue weighted by Gasteiger charge is -2.53. The molecular formula is C39H39N3O14. The van der Waals surface area contributed by atoms with E-state index in [4.69, 9.17) is 18.9 Å². The van der Waals surface area contributed by atoms with Crippen molar-refractivity contribution < 1.29 is 68.5 Å². The Morgan fingerprint density at radius 3 is 2.38 bits per heavy atom. The first-order valence-corrected chi connectivity index (χ1v) is 17.6. The third kappa shape index (κ3) is 5.37. The standard InChI is InChI=1S/C39H39N3O14/c1-15-9-18-10-23(44)39(55-5)35(50)26-20(34(49)38(39,52)27(18)30(47)24(15)36(51)41-14-17-7-6-8-40-13-17)11-19-25(29(26)46)22(43)12-21(28(19)45)42-37-33(54-4)31(48)32(53-3)16(2)56-37/h6-9,11,13,16,23,31-33,37,44,46-48,52H,10,12,14H2,1-5H3,(H,41,51). The molecule has 1 aliphatic heterocycles. The van der Waals surface area contributed by atoms with E-state index in [2.05, 4.69) is 15.3 Å². The maximum Gasteiger partial charge on any atom is 0.255 e. The van der Waals surface area contributed by atoms with Crippen molar-refractivity contribution in [3.05, 3.63) is 86.7 Å². The van der Waals surface area contributed by atoms with Crippen LogP contribution >= 0.6 is 0 Å². The molecule has 6 N–H and O–H groups in total. The minimum atomic E-state index is -3.25. The number of aliphatic hydroxyl groups excluding tert-OH is 2. The number of rotatable bonds is 7. The number of aliphatic imine (C=N–C) groups is 1. The Bertz CT molecular complexity index is 2240. The fourth-order valence-corrected chi connectivity index (χ4v) is 8.60. The van der Waals surface area contributed by atoms with Crippen molar-refractivity contribution in [2.75, 3.05) is 21.3 Å². The second-order valence-corrected chi connectivity index (χ2v) is 14.2. The number of fused-ring (bicyclic) bond motifs is 5. The molecule has 4 aliphatic rings. The topological polar surface area (TPSA) is 261 Å². The summed E-state index contributed by atoms with van der Waals surface area (Å²) >= 11 is 0. The third-order valence-electron chi connectivity index (χ3n) is 11.2. The minimum Gasteiger partial charge on any atom is -0.507 e. The average Bonchev–Trinajstić information content (AvgIpc) is 3.15. The van der Waals surface area contributed by atoms with Crippen molar-refractivity contribution >= 4 is 34.8 Å². The van der Waals surface area contributed by atoms with Gasteiger partial charge in [0.2, 0.25) is 17.3 Å². The number of amides is 1. The summed E-state index contributed by atoms with van der Waals surface area (Å²) in [6, 6.07) is 5.61. The molecule has 17 nitrogen and oxygen atoms in total. The van der Waals surface area contributed by atoms with E-state index in [1.54, 1.807) is 25.3 Å². The Labute approximate surface area is 318 Å². The number of aromatic nitrogens is 1. The van der Waals surface area contributed by atoms with E-state index in [0.717, 1.165) is 13.2 Å². The van der Waals surface area contributed by atoms with Crippen molar-refractivity contribution in [3.8, 4) is 11.5 Å². The van der Waals surface area contributed by atoms with Crippen LogP contribution in [0.1, 0.15) is 87.4 Å². The summed E-state index contributed by atoms with van der Waals surface area (Å²) in [5.74, 6) is -7.29. The van der Waals surface area contributed by atoms with Crippen LogP contribution in [0.15, 0.2) is 41.7 Å². The molecule has 17 heteroatoms. The SMILES string of the molecule is COC1C(C)OC(N=C2CC(=O)c3c(cc4c(c3O)C(=O)C3(OC)C(O)Cc5cc(C)c(C(=O)NCc6cccnc6)c(O)c5C3(O)C4=O)C2=O)C(OC)C1O. The Balaban J connectivity index is 1.36. The number of hydrogen-bond donors (Lipinski definition) is 6. The number of carbonyl (C=O) groups is 5. The number of phenols is 2. The number of nitrogens with one attached hydrogen (secondary N) is 1. The predicted molar refractivity (Wildman–Crippen MR) is 191 cm³/mol. The fraction of sp³-hybridized carbons (Fsp3) is 0.410. The van der Waals surface area contributed by atoms with Crippen LogP contribution in [-0.4, -0.2) is 129 Å². The van der Waals surface area contributed by atoms with Gasteiger partial charge >= 0.3 is 0 Å². The number of phenolic OH excluding ortho intramolecular Hbond substituents is 2. The van der Waals surface area contributed by atoms with Gasteiger partial charge in [0.25, 0.3) is 5.91 Å². The molecule has 0 spiro atoms. The van der Waals surface area contributed by atoms with Gasteiger partial charge in [-0.15, -0.1) is 0 Å². The number of pyridine rings is 1. The molecule has 1 aromatic heterocycles. The summed E-state index contributed by atoms with van der Waals surface area (Å²) in [5, 5.41) is 61.2. The number of methoxy groups -OCH3 is 3. The van der Waals surface area contributed by atoms with E-state index in [1.165, 1.54) is 33.4 Å². The number of carbonyl (C=O) groups excluding carboxylic acids is 5. The van der Waals surface area contributed by atoms with E-state index < -0.39 is 129 Å². The number of aromatic hydroxyl groups is 2. The lowest BCUT2D eigenvalue weighted by molar-refractivity contribution is -0.228. The molecule has 1 amide bonds. The van der Waals surface area contributed by atoms with Crippen molar-refractivity contribution in [1.29, 1.82) is 0 Å². The second-order valence-electron chi connectivity index (χ2n) is 14.2. The predicted octanol–water partition coefficient (Wildman–Crippen LogP) is 0.646. The van der Waals surface area contributed by atoms with Crippen molar-refractivity contribution in [3.63, 3.8) is 0 Å². The molecule has 3 aromatic rings. The highest BCUT2D eigenvalue weighted by Gasteiger charge is 2.72. The van der Waals surface area contributed by atoms with Gasteiger partial charge in [0.15, 0.2) is 23.2 Å². The van der Waals surface area contributed by atoms with E-state index in [9.17, 15) is 49.5 Å². The van der Waals surface area contributed by atoms with Crippen LogP contribution in [0.4, 0.5) is 0 Å². The van der Waals surface area contributed by atoms with Crippen LogP contribution in [0.25, 0.3) is 0 Å². The number of aryl methyl sites for hydroxylation is 1. The number of hydrogen-bond acceptors (Lipinski definition) is 16. The number of nitrogens with zero attached hydrogens (tertiary/aromatic N) is 2. The highest BCUT2D eigenvalue weighted by atomic mass is 16.6. The molecule has 0 saturated carbocycles. The number of benzene rings is 2. The zero-order valence-corrected chi connectivity index (χ0v) is 30.9. The van der Waals surface area contributed by atoms with Gasteiger partial charge in [0.05, 0.1) is 41.0 Å². The Kier molecular flexibility index (Phi) is 9.77. The summed E-state index contributed by atoms with van der Waals surface area (Å²) in [5.41, 5.74) is -9.34. The first-order valence-electron chi connectivity index (χ1n) is 17.6. The molecule has 1 fully saturated rings. The number of ether oxygens (including phenoxy) is 4. The molecule has 3 aliphatic carbocycles. The Morgan fingerprint density at radius 1 is 1.02 bits per heavy atom. The summed E-state index contributed by atoms with van der Waals surface area (Å²) in [6.45, 7) is 3.09. The molecular weight excluding hydrogens is 734 g/mol. The van der Waals surface area contributed by atoms with Crippen LogP contribution in [-0.2, 0) is 37.5 Å². The number of ketones is 4. The normalized spacial score (nSPS) is 30.4. The van der Waals surface area contributed by atoms with Crippen molar-refractivity contribution in [2.45, 2.75) is 81.2 Å². The zero-order chi connectivity index (χ0) is 40.6. The summed E-state index contributed by atoms with van der Waals surface area (Å²) in [7, 11) is 3.59. The number of aliphatic hydroxyl groups is 3. The minimum absolute atomic E-state index is 0.00578. The van der Waals surface area contributed by atoms with Gasteiger partial charge in [0, 0.05) is 63.4 Å². The van der Waals surface area contributed by atoms with E-state index in [-0.39, 0.29) is 28.9 Å². The van der Waals surface area contributed by atoms with Gasteiger partial charge in [-0.05, 0) is 42.7 Å². The van der Waals surface area contributed by atoms with E-state index in [0.29, 0.717) is 5.56 Å². The Hall–Kier alpha value is -5.27. The molecule has 56 heavy (non-hydrogen) atoms. The molecule has 294 valence electrons. The smallest absolute Gasteiger partial charge is 0.255 e. The molecule has 1 saturated heterocycles. The molecule has 7 rings (SSSR count). The number of Topliss-reactive ketones (excluding diaryl/α,β-unsaturated/α-hetero) is 4.